The van der Waals surface area contributed by atoms with Gasteiger partial charge in [-0.05, 0) is 81.6 Å². The van der Waals surface area contributed by atoms with Crippen molar-refractivity contribution in [3.63, 3.8) is 0 Å². The number of hydrogen-bond donors (Lipinski definition) is 1. The predicted molar refractivity (Wildman–Crippen MR) is 139 cm³/mol. The summed E-state index contributed by atoms with van der Waals surface area (Å²) in [7, 11) is -3.73. The first-order chi connectivity index (χ1) is 17.4. The number of sulfonamides is 1. The summed E-state index contributed by atoms with van der Waals surface area (Å²) in [6.07, 6.45) is 6.40. The van der Waals surface area contributed by atoms with Gasteiger partial charge in [0.15, 0.2) is 0 Å². The van der Waals surface area contributed by atoms with Crippen LogP contribution in [-0.2, 0) is 19.6 Å². The molecule has 4 aliphatic rings. The minimum Gasteiger partial charge on any atom is -0.461 e. The van der Waals surface area contributed by atoms with Gasteiger partial charge in [-0.3, -0.25) is 9.62 Å². The molecule has 0 aliphatic carbocycles. The Morgan fingerprint density at radius 1 is 1.14 bits per heavy atom. The highest BCUT2D eigenvalue weighted by Gasteiger charge is 2.59. The van der Waals surface area contributed by atoms with Crippen LogP contribution in [0.2, 0.25) is 0 Å². The van der Waals surface area contributed by atoms with Gasteiger partial charge >= 0.3 is 5.97 Å². The summed E-state index contributed by atoms with van der Waals surface area (Å²) < 4.78 is 34.3. The molecule has 6 rings (SSSR count). The predicted octanol–water partition coefficient (Wildman–Crippen LogP) is 4.48. The summed E-state index contributed by atoms with van der Waals surface area (Å²) in [5.74, 6) is -0.00322. The standard InChI is InChI=1S/C28H33N3O4S/c1-3-28-14-8-15-30-16-13-22-21-12-11-19(29-36(33,34)20-9-6-5-7-10-20)17-23(21)31(25(22)26(28)30)24(18-28)27(32)35-4-2/h5-7,9-12,17-18,22,25-26,29H,3-4,8,13-16H2,1-2H3/t22?,25?,26-,28+/m0/s1. The van der Waals surface area contributed by atoms with E-state index in [1.54, 1.807) is 30.3 Å². The van der Waals surface area contributed by atoms with E-state index in [0.717, 1.165) is 44.5 Å². The number of piperidine rings is 2. The van der Waals surface area contributed by atoms with E-state index in [1.807, 2.05) is 19.1 Å². The number of ether oxygens (including phenoxy) is 1. The lowest BCUT2D eigenvalue weighted by Gasteiger charge is -2.59. The first-order valence-corrected chi connectivity index (χ1v) is 14.5. The Morgan fingerprint density at radius 2 is 1.94 bits per heavy atom. The van der Waals surface area contributed by atoms with Crippen molar-refractivity contribution in [2.24, 2.45) is 5.41 Å². The van der Waals surface area contributed by atoms with Crippen molar-refractivity contribution in [2.75, 3.05) is 29.3 Å². The Labute approximate surface area is 213 Å². The zero-order chi connectivity index (χ0) is 25.1. The molecule has 4 heterocycles. The van der Waals surface area contributed by atoms with E-state index < -0.39 is 10.0 Å². The van der Waals surface area contributed by atoms with Crippen molar-refractivity contribution in [1.82, 2.24) is 4.90 Å². The van der Waals surface area contributed by atoms with Crippen LogP contribution >= 0.6 is 0 Å². The van der Waals surface area contributed by atoms with E-state index in [-0.39, 0.29) is 22.3 Å². The molecular formula is C28H33N3O4S. The summed E-state index contributed by atoms with van der Waals surface area (Å²) in [6, 6.07) is 14.6. The normalized spacial score (nSPS) is 28.7. The fourth-order valence-electron chi connectivity index (χ4n) is 7.17. The summed E-state index contributed by atoms with van der Waals surface area (Å²) >= 11 is 0. The van der Waals surface area contributed by atoms with Gasteiger partial charge in [0.05, 0.1) is 23.2 Å². The van der Waals surface area contributed by atoms with Crippen LogP contribution in [0.15, 0.2) is 65.2 Å². The van der Waals surface area contributed by atoms with E-state index in [0.29, 0.717) is 30.0 Å². The lowest BCUT2D eigenvalue weighted by Crippen LogP contribution is -2.67. The number of hydrogen-bond acceptors (Lipinski definition) is 6. The highest BCUT2D eigenvalue weighted by Crippen LogP contribution is 2.58. The minimum absolute atomic E-state index is 0.0556. The number of fused-ring (bicyclic) bond motifs is 3. The van der Waals surface area contributed by atoms with Crippen molar-refractivity contribution in [3.05, 3.63) is 65.9 Å². The van der Waals surface area contributed by atoms with Crippen molar-refractivity contribution in [1.29, 1.82) is 0 Å². The quantitative estimate of drug-likeness (QED) is 0.581. The average molecular weight is 508 g/mol. The Bertz CT molecular complexity index is 1330. The second kappa shape index (κ2) is 8.63. The first kappa shape index (κ1) is 23.6. The number of nitrogens with zero attached hydrogens (tertiary/aromatic N) is 2. The van der Waals surface area contributed by atoms with Gasteiger partial charge in [0.2, 0.25) is 0 Å². The molecule has 0 aromatic heterocycles. The molecule has 2 aromatic carbocycles. The van der Waals surface area contributed by atoms with Crippen LogP contribution in [0.1, 0.15) is 51.0 Å². The van der Waals surface area contributed by atoms with Crippen LogP contribution in [0.3, 0.4) is 0 Å². The molecule has 36 heavy (non-hydrogen) atoms. The van der Waals surface area contributed by atoms with E-state index in [2.05, 4.69) is 33.6 Å². The third-order valence-electron chi connectivity index (χ3n) is 8.65. The van der Waals surface area contributed by atoms with Gasteiger partial charge in [-0.1, -0.05) is 31.2 Å². The molecule has 0 radical (unpaired) electrons. The highest BCUT2D eigenvalue weighted by molar-refractivity contribution is 7.92. The number of nitrogens with one attached hydrogen (secondary N) is 1. The Balaban J connectivity index is 1.46. The second-order valence-electron chi connectivity index (χ2n) is 10.4. The van der Waals surface area contributed by atoms with Crippen LogP contribution in [0, 0.1) is 5.41 Å². The van der Waals surface area contributed by atoms with Gasteiger partial charge in [0.1, 0.15) is 5.70 Å². The molecule has 0 bridgehead atoms. The molecule has 4 atom stereocenters. The van der Waals surface area contributed by atoms with Gasteiger partial charge in [0.25, 0.3) is 10.0 Å². The number of benzene rings is 2. The molecule has 190 valence electrons. The largest absolute Gasteiger partial charge is 0.461 e. The SMILES string of the molecule is CCOC(=O)C1=C[C@@]2(CC)CCCN3CCC4c5ccc(NS(=O)(=O)c6ccccc6)cc5N1C4[C@H]32. The van der Waals surface area contributed by atoms with E-state index in [9.17, 15) is 13.2 Å². The lowest BCUT2D eigenvalue weighted by atomic mass is 9.62. The maximum atomic E-state index is 13.3. The summed E-state index contributed by atoms with van der Waals surface area (Å²) in [6.45, 7) is 6.52. The Morgan fingerprint density at radius 3 is 2.69 bits per heavy atom. The van der Waals surface area contributed by atoms with Gasteiger partial charge in [-0.2, -0.15) is 0 Å². The smallest absolute Gasteiger partial charge is 0.354 e. The van der Waals surface area contributed by atoms with Crippen LogP contribution in [0.4, 0.5) is 11.4 Å². The zero-order valence-corrected chi connectivity index (χ0v) is 21.6. The summed E-state index contributed by atoms with van der Waals surface area (Å²) in [5, 5.41) is 0. The van der Waals surface area contributed by atoms with Crippen molar-refractivity contribution >= 4 is 27.4 Å². The van der Waals surface area contributed by atoms with Crippen molar-refractivity contribution in [2.45, 2.75) is 62.4 Å². The summed E-state index contributed by atoms with van der Waals surface area (Å²) in [4.78, 5) is 18.4. The van der Waals surface area contributed by atoms with E-state index in [1.165, 1.54) is 5.56 Å². The van der Waals surface area contributed by atoms with Gasteiger partial charge < -0.3 is 9.64 Å². The lowest BCUT2D eigenvalue weighted by molar-refractivity contribution is -0.139. The fraction of sp³-hybridized carbons (Fsp3) is 0.464. The number of carbonyl (C=O) groups excluding carboxylic acids is 1. The third kappa shape index (κ3) is 3.49. The van der Waals surface area contributed by atoms with Crippen LogP contribution < -0.4 is 9.62 Å². The molecule has 2 unspecified atom stereocenters. The van der Waals surface area contributed by atoms with Crippen molar-refractivity contribution < 1.29 is 17.9 Å². The number of esters is 1. The van der Waals surface area contributed by atoms with E-state index >= 15 is 0 Å². The molecule has 2 aromatic rings. The molecule has 0 spiro atoms. The van der Waals surface area contributed by atoms with Crippen molar-refractivity contribution in [3.8, 4) is 0 Å². The monoisotopic (exact) mass is 507 g/mol. The van der Waals surface area contributed by atoms with Crippen LogP contribution in [0.5, 0.6) is 0 Å². The zero-order valence-electron chi connectivity index (χ0n) is 20.8. The molecule has 2 saturated heterocycles. The molecular weight excluding hydrogens is 474 g/mol. The maximum absolute atomic E-state index is 13.3. The average Bonchev–Trinajstić information content (AvgIpc) is 3.22. The van der Waals surface area contributed by atoms with Crippen LogP contribution in [0.25, 0.3) is 0 Å². The van der Waals surface area contributed by atoms with Gasteiger partial charge in [0, 0.05) is 23.1 Å². The highest BCUT2D eigenvalue weighted by atomic mass is 32.2. The number of carbonyl (C=O) groups is 1. The van der Waals surface area contributed by atoms with Gasteiger partial charge in [-0.15, -0.1) is 0 Å². The summed E-state index contributed by atoms with van der Waals surface area (Å²) in [5.41, 5.74) is 3.15. The fourth-order valence-corrected chi connectivity index (χ4v) is 8.24. The molecule has 0 amide bonds. The second-order valence-corrected chi connectivity index (χ2v) is 12.1. The third-order valence-corrected chi connectivity index (χ3v) is 10.1. The Hall–Kier alpha value is -2.84. The first-order valence-electron chi connectivity index (χ1n) is 13.0. The maximum Gasteiger partial charge on any atom is 0.354 e. The molecule has 4 aliphatic heterocycles. The van der Waals surface area contributed by atoms with Crippen LogP contribution in [-0.4, -0.2) is 51.1 Å². The van der Waals surface area contributed by atoms with E-state index in [4.69, 9.17) is 4.74 Å². The Kier molecular flexibility index (Phi) is 5.64. The van der Waals surface area contributed by atoms with Gasteiger partial charge in [-0.25, -0.2) is 13.2 Å². The molecule has 2 fully saturated rings. The molecule has 1 N–H and O–H groups in total. The molecule has 7 nitrogen and oxygen atoms in total. The topological polar surface area (TPSA) is 79.0 Å². The number of rotatable bonds is 6. The number of anilines is 2. The molecule has 0 saturated carbocycles. The minimum atomic E-state index is -3.73. The molecule has 8 heteroatoms.